The second kappa shape index (κ2) is 8.52. The van der Waals surface area contributed by atoms with Gasteiger partial charge in [-0.1, -0.05) is 0 Å². The fourth-order valence-electron chi connectivity index (χ4n) is 2.11. The van der Waals surface area contributed by atoms with Gasteiger partial charge in [0.15, 0.2) is 0 Å². The molecule has 10 heteroatoms. The van der Waals surface area contributed by atoms with Crippen LogP contribution in [0.15, 0.2) is 42.5 Å². The Labute approximate surface area is 152 Å². The van der Waals surface area contributed by atoms with E-state index in [9.17, 15) is 29.8 Å². The molecule has 2 aromatic rings. The standard InChI is InChI=1S/C17H14N2O8/c1-2-26-16(20)12-7-13(9-15(8-12)19(24)25)17(21)27-10-11-3-5-14(6-4-11)18(22)23/h3-9H,2,10H2,1H3. The van der Waals surface area contributed by atoms with Crippen LogP contribution in [0.3, 0.4) is 0 Å². The molecule has 0 bridgehead atoms. The van der Waals surface area contributed by atoms with Crippen LogP contribution >= 0.6 is 0 Å². The van der Waals surface area contributed by atoms with Crippen LogP contribution in [0, 0.1) is 20.2 Å². The predicted octanol–water partition coefficient (Wildman–Crippen LogP) is 3.04. The topological polar surface area (TPSA) is 139 Å². The molecule has 0 fully saturated rings. The van der Waals surface area contributed by atoms with E-state index in [1.54, 1.807) is 6.92 Å². The largest absolute Gasteiger partial charge is 0.462 e. The minimum absolute atomic E-state index is 0.0709. The lowest BCUT2D eigenvalue weighted by molar-refractivity contribution is -0.385. The minimum Gasteiger partial charge on any atom is -0.462 e. The van der Waals surface area contributed by atoms with Gasteiger partial charge in [-0.2, -0.15) is 0 Å². The van der Waals surface area contributed by atoms with Gasteiger partial charge in [0.2, 0.25) is 0 Å². The molecule has 0 amide bonds. The molecule has 2 rings (SSSR count). The average molecular weight is 374 g/mol. The van der Waals surface area contributed by atoms with Crippen molar-refractivity contribution in [1.29, 1.82) is 0 Å². The second-order valence-electron chi connectivity index (χ2n) is 5.25. The number of carbonyl (C=O) groups excluding carboxylic acids is 2. The highest BCUT2D eigenvalue weighted by atomic mass is 16.6. The number of nitro groups is 2. The van der Waals surface area contributed by atoms with Crippen molar-refractivity contribution >= 4 is 23.3 Å². The minimum atomic E-state index is -0.886. The van der Waals surface area contributed by atoms with Crippen LogP contribution in [-0.4, -0.2) is 28.4 Å². The lowest BCUT2D eigenvalue weighted by Crippen LogP contribution is -2.10. The zero-order chi connectivity index (χ0) is 20.0. The van der Waals surface area contributed by atoms with Crippen molar-refractivity contribution in [2.24, 2.45) is 0 Å². The van der Waals surface area contributed by atoms with E-state index in [1.165, 1.54) is 24.3 Å². The first-order valence-electron chi connectivity index (χ1n) is 7.69. The summed E-state index contributed by atoms with van der Waals surface area (Å²) in [5, 5.41) is 21.6. The maximum absolute atomic E-state index is 12.2. The van der Waals surface area contributed by atoms with Crippen molar-refractivity contribution in [3.63, 3.8) is 0 Å². The number of rotatable bonds is 7. The van der Waals surface area contributed by atoms with Gasteiger partial charge < -0.3 is 9.47 Å². The molecule has 0 atom stereocenters. The van der Waals surface area contributed by atoms with Gasteiger partial charge in [-0.05, 0) is 30.7 Å². The number of non-ortho nitro benzene ring substituents is 2. The summed E-state index contributed by atoms with van der Waals surface area (Å²) >= 11 is 0. The molecule has 0 aromatic heterocycles. The third-order valence-electron chi connectivity index (χ3n) is 3.39. The van der Waals surface area contributed by atoms with Gasteiger partial charge >= 0.3 is 11.9 Å². The monoisotopic (exact) mass is 374 g/mol. The molecular formula is C17H14N2O8. The van der Waals surface area contributed by atoms with Gasteiger partial charge in [0.1, 0.15) is 6.61 Å². The number of carbonyl (C=O) groups is 2. The Hall–Kier alpha value is -3.82. The normalized spacial score (nSPS) is 10.1. The Morgan fingerprint density at radius 1 is 0.852 bits per heavy atom. The highest BCUT2D eigenvalue weighted by Crippen LogP contribution is 2.20. The molecule has 0 aliphatic rings. The molecule has 0 radical (unpaired) electrons. The first-order chi connectivity index (χ1) is 12.8. The van der Waals surface area contributed by atoms with Crippen molar-refractivity contribution in [1.82, 2.24) is 0 Å². The molecule has 0 unspecified atom stereocenters. The molecular weight excluding hydrogens is 360 g/mol. The highest BCUT2D eigenvalue weighted by molar-refractivity contribution is 5.96. The van der Waals surface area contributed by atoms with Crippen LogP contribution in [0.4, 0.5) is 11.4 Å². The zero-order valence-electron chi connectivity index (χ0n) is 14.1. The molecule has 0 saturated carbocycles. The van der Waals surface area contributed by atoms with E-state index in [4.69, 9.17) is 9.47 Å². The van der Waals surface area contributed by atoms with Gasteiger partial charge in [-0.15, -0.1) is 0 Å². The summed E-state index contributed by atoms with van der Waals surface area (Å²) in [5.74, 6) is -1.69. The van der Waals surface area contributed by atoms with E-state index in [2.05, 4.69) is 0 Å². The predicted molar refractivity (Wildman–Crippen MR) is 91.3 cm³/mol. The summed E-state index contributed by atoms with van der Waals surface area (Å²) in [7, 11) is 0. The summed E-state index contributed by atoms with van der Waals surface area (Å²) in [6, 6.07) is 8.49. The van der Waals surface area contributed by atoms with Crippen LogP contribution in [0.25, 0.3) is 0 Å². The SMILES string of the molecule is CCOC(=O)c1cc(C(=O)OCc2ccc([N+](=O)[O-])cc2)cc([N+](=O)[O-])c1. The first kappa shape index (κ1) is 19.5. The van der Waals surface area contributed by atoms with Crippen LogP contribution in [0.2, 0.25) is 0 Å². The maximum Gasteiger partial charge on any atom is 0.338 e. The van der Waals surface area contributed by atoms with Crippen LogP contribution in [0.5, 0.6) is 0 Å². The third kappa shape index (κ3) is 5.08. The van der Waals surface area contributed by atoms with Crippen molar-refractivity contribution in [2.75, 3.05) is 6.61 Å². The van der Waals surface area contributed by atoms with E-state index in [0.29, 0.717) is 5.56 Å². The van der Waals surface area contributed by atoms with E-state index in [-0.39, 0.29) is 30.0 Å². The molecule has 0 heterocycles. The lowest BCUT2D eigenvalue weighted by atomic mass is 10.1. The fraction of sp³-hybridized carbons (Fsp3) is 0.176. The number of esters is 2. The second-order valence-corrected chi connectivity index (χ2v) is 5.25. The van der Waals surface area contributed by atoms with Crippen LogP contribution < -0.4 is 0 Å². The zero-order valence-corrected chi connectivity index (χ0v) is 14.1. The number of benzene rings is 2. The van der Waals surface area contributed by atoms with Gasteiger partial charge in [-0.3, -0.25) is 20.2 Å². The van der Waals surface area contributed by atoms with E-state index < -0.39 is 27.5 Å². The Morgan fingerprint density at radius 3 is 1.85 bits per heavy atom. The molecule has 0 spiro atoms. The maximum atomic E-state index is 12.2. The van der Waals surface area contributed by atoms with E-state index in [0.717, 1.165) is 18.2 Å². The summed E-state index contributed by atoms with van der Waals surface area (Å²) < 4.78 is 9.85. The summed E-state index contributed by atoms with van der Waals surface area (Å²) in [4.78, 5) is 44.3. The number of hydrogen-bond donors (Lipinski definition) is 0. The number of ether oxygens (including phenoxy) is 2. The summed E-state index contributed by atoms with van der Waals surface area (Å²) in [5.41, 5.74) is -0.404. The van der Waals surface area contributed by atoms with E-state index >= 15 is 0 Å². The smallest absolute Gasteiger partial charge is 0.338 e. The average Bonchev–Trinajstić information content (AvgIpc) is 2.66. The van der Waals surface area contributed by atoms with Crippen molar-refractivity contribution in [3.8, 4) is 0 Å². The fourth-order valence-corrected chi connectivity index (χ4v) is 2.11. The molecule has 2 aromatic carbocycles. The molecule has 0 aliphatic heterocycles. The third-order valence-corrected chi connectivity index (χ3v) is 3.39. The highest BCUT2D eigenvalue weighted by Gasteiger charge is 2.19. The first-order valence-corrected chi connectivity index (χ1v) is 7.69. The Morgan fingerprint density at radius 2 is 1.37 bits per heavy atom. The van der Waals surface area contributed by atoms with Gasteiger partial charge in [0, 0.05) is 24.3 Å². The van der Waals surface area contributed by atoms with Crippen LogP contribution in [-0.2, 0) is 16.1 Å². The molecule has 10 nitrogen and oxygen atoms in total. The molecule has 0 aliphatic carbocycles. The van der Waals surface area contributed by atoms with Crippen molar-refractivity contribution < 1.29 is 28.9 Å². The van der Waals surface area contributed by atoms with Crippen molar-refractivity contribution in [2.45, 2.75) is 13.5 Å². The molecule has 140 valence electrons. The lowest BCUT2D eigenvalue weighted by Gasteiger charge is -2.07. The molecule has 27 heavy (non-hydrogen) atoms. The van der Waals surface area contributed by atoms with Gasteiger partial charge in [0.25, 0.3) is 11.4 Å². The van der Waals surface area contributed by atoms with Gasteiger partial charge in [-0.25, -0.2) is 9.59 Å². The Balaban J connectivity index is 2.17. The van der Waals surface area contributed by atoms with Crippen molar-refractivity contribution in [3.05, 3.63) is 79.4 Å². The quantitative estimate of drug-likeness (QED) is 0.409. The Kier molecular flexibility index (Phi) is 6.15. The molecule has 0 N–H and O–H groups in total. The summed E-state index contributed by atoms with van der Waals surface area (Å²) in [6.45, 7) is 1.45. The van der Waals surface area contributed by atoms with E-state index in [1.807, 2.05) is 0 Å². The number of hydrogen-bond acceptors (Lipinski definition) is 8. The Bertz CT molecular complexity index is 892. The summed E-state index contributed by atoms with van der Waals surface area (Å²) in [6.07, 6.45) is 0. The number of nitro benzene ring substituents is 2. The molecule has 0 saturated heterocycles. The van der Waals surface area contributed by atoms with Gasteiger partial charge in [0.05, 0.1) is 27.6 Å². The van der Waals surface area contributed by atoms with Crippen LogP contribution in [0.1, 0.15) is 33.2 Å². The number of nitrogens with zero attached hydrogens (tertiary/aromatic N) is 2.